The van der Waals surface area contributed by atoms with Crippen LogP contribution in [0.2, 0.25) is 0 Å². The van der Waals surface area contributed by atoms with Crippen LogP contribution in [0.15, 0.2) is 59.5 Å². The van der Waals surface area contributed by atoms with Crippen molar-refractivity contribution in [2.24, 2.45) is 0 Å². The Labute approximate surface area is 166 Å². The molecule has 0 atom stereocenters. The normalized spacial score (nSPS) is 17.1. The Kier molecular flexibility index (Phi) is 4.39. The van der Waals surface area contributed by atoms with Crippen molar-refractivity contribution in [2.75, 3.05) is 0 Å². The van der Waals surface area contributed by atoms with Crippen molar-refractivity contribution in [3.05, 3.63) is 71.3 Å². The molecule has 0 spiro atoms. The lowest BCUT2D eigenvalue weighted by atomic mass is 9.84. The molecule has 2 aliphatic carbocycles. The van der Waals surface area contributed by atoms with E-state index in [2.05, 4.69) is 6.07 Å². The number of hydrogen-bond donors (Lipinski definition) is 0. The van der Waals surface area contributed by atoms with Crippen molar-refractivity contribution in [1.82, 2.24) is 0 Å². The first-order valence-electron chi connectivity index (χ1n) is 10.2. The molecule has 144 valence electrons. The van der Waals surface area contributed by atoms with Gasteiger partial charge in [-0.3, -0.25) is 0 Å². The van der Waals surface area contributed by atoms with Gasteiger partial charge in [0.25, 0.3) is 0 Å². The summed E-state index contributed by atoms with van der Waals surface area (Å²) in [6.45, 7) is 0. The first-order chi connectivity index (χ1) is 13.6. The van der Waals surface area contributed by atoms with Crippen LogP contribution in [0.5, 0.6) is 5.75 Å². The SMILES string of the molecule is O=S(=O)(Oc1ccc(C2CCCCC2)cc1)c1ccc2c3c(cccc13)CC2. The van der Waals surface area contributed by atoms with E-state index in [9.17, 15) is 8.42 Å². The van der Waals surface area contributed by atoms with E-state index >= 15 is 0 Å². The third-order valence-corrected chi connectivity index (χ3v) is 7.58. The van der Waals surface area contributed by atoms with E-state index in [0.29, 0.717) is 11.7 Å². The maximum absolute atomic E-state index is 13.0. The Morgan fingerprint density at radius 2 is 1.50 bits per heavy atom. The molecular formula is C24H24O3S. The van der Waals surface area contributed by atoms with Gasteiger partial charge in [0.2, 0.25) is 0 Å². The standard InChI is InChI=1S/C24H24O3S/c25-28(26,23-16-13-20-10-9-19-7-4-8-22(23)24(19)20)27-21-14-11-18(12-15-21)17-5-2-1-3-6-17/h4,7-8,11-17H,1-3,5-6,9-10H2. The molecule has 4 heteroatoms. The van der Waals surface area contributed by atoms with Gasteiger partial charge in [-0.2, -0.15) is 8.42 Å². The lowest BCUT2D eigenvalue weighted by Gasteiger charge is -2.22. The monoisotopic (exact) mass is 392 g/mol. The summed E-state index contributed by atoms with van der Waals surface area (Å²) >= 11 is 0. The van der Waals surface area contributed by atoms with Crippen LogP contribution in [0.4, 0.5) is 0 Å². The highest BCUT2D eigenvalue weighted by atomic mass is 32.2. The van der Waals surface area contributed by atoms with Gasteiger partial charge in [-0.05, 0) is 71.9 Å². The molecule has 28 heavy (non-hydrogen) atoms. The van der Waals surface area contributed by atoms with Gasteiger partial charge in [-0.1, -0.05) is 55.7 Å². The van der Waals surface area contributed by atoms with E-state index in [1.807, 2.05) is 30.3 Å². The van der Waals surface area contributed by atoms with Crippen molar-refractivity contribution in [1.29, 1.82) is 0 Å². The van der Waals surface area contributed by atoms with Crippen LogP contribution in [0.1, 0.15) is 54.7 Å². The second-order valence-electron chi connectivity index (χ2n) is 8.00. The van der Waals surface area contributed by atoms with Gasteiger partial charge >= 0.3 is 10.1 Å². The summed E-state index contributed by atoms with van der Waals surface area (Å²) in [5.74, 6) is 0.971. The van der Waals surface area contributed by atoms with Crippen molar-refractivity contribution in [2.45, 2.75) is 55.8 Å². The average molecular weight is 393 g/mol. The fourth-order valence-corrected chi connectivity index (χ4v) is 5.97. The Hall–Kier alpha value is -2.33. The second-order valence-corrected chi connectivity index (χ2v) is 9.52. The van der Waals surface area contributed by atoms with Gasteiger partial charge in [0.15, 0.2) is 0 Å². The number of aryl methyl sites for hydroxylation is 2. The molecule has 0 aromatic heterocycles. The van der Waals surface area contributed by atoms with Gasteiger partial charge in [-0.15, -0.1) is 0 Å². The number of benzene rings is 3. The lowest BCUT2D eigenvalue weighted by Crippen LogP contribution is -2.11. The molecule has 2 aliphatic rings. The highest BCUT2D eigenvalue weighted by Gasteiger charge is 2.24. The third kappa shape index (κ3) is 3.10. The Morgan fingerprint density at radius 3 is 2.25 bits per heavy atom. The molecule has 3 nitrogen and oxygen atoms in total. The zero-order chi connectivity index (χ0) is 19.1. The fraction of sp³-hybridized carbons (Fsp3) is 0.333. The van der Waals surface area contributed by atoms with Crippen molar-refractivity contribution in [3.8, 4) is 5.75 Å². The summed E-state index contributed by atoms with van der Waals surface area (Å²) in [6, 6.07) is 17.2. The maximum atomic E-state index is 13.0. The molecule has 0 heterocycles. The van der Waals surface area contributed by atoms with Crippen molar-refractivity contribution in [3.63, 3.8) is 0 Å². The average Bonchev–Trinajstić information content (AvgIpc) is 3.14. The quantitative estimate of drug-likeness (QED) is 0.531. The minimum Gasteiger partial charge on any atom is -0.379 e. The van der Waals surface area contributed by atoms with Crippen molar-refractivity contribution < 1.29 is 12.6 Å². The molecule has 1 fully saturated rings. The predicted molar refractivity (Wildman–Crippen MR) is 111 cm³/mol. The first-order valence-corrected chi connectivity index (χ1v) is 11.6. The highest BCUT2D eigenvalue weighted by molar-refractivity contribution is 7.87. The summed E-state index contributed by atoms with van der Waals surface area (Å²) in [5, 5.41) is 1.85. The topological polar surface area (TPSA) is 43.4 Å². The largest absolute Gasteiger partial charge is 0.379 e. The minimum atomic E-state index is -3.88. The van der Waals surface area contributed by atoms with E-state index in [4.69, 9.17) is 4.18 Å². The van der Waals surface area contributed by atoms with E-state index < -0.39 is 10.1 Å². The molecule has 1 saturated carbocycles. The molecule has 5 rings (SSSR count). The molecule has 0 N–H and O–H groups in total. The lowest BCUT2D eigenvalue weighted by molar-refractivity contribution is 0.443. The van der Waals surface area contributed by atoms with Crippen LogP contribution in [0.25, 0.3) is 10.8 Å². The highest BCUT2D eigenvalue weighted by Crippen LogP contribution is 2.36. The van der Waals surface area contributed by atoms with Gasteiger partial charge in [-0.25, -0.2) is 0 Å². The van der Waals surface area contributed by atoms with E-state index in [-0.39, 0.29) is 4.90 Å². The smallest absolute Gasteiger partial charge is 0.339 e. The van der Waals surface area contributed by atoms with Gasteiger partial charge in [0.1, 0.15) is 10.6 Å². The van der Waals surface area contributed by atoms with Gasteiger partial charge in [0.05, 0.1) is 0 Å². The van der Waals surface area contributed by atoms with E-state index in [1.54, 1.807) is 18.2 Å². The Balaban J connectivity index is 1.45. The molecule has 0 bridgehead atoms. The van der Waals surface area contributed by atoms with Gasteiger partial charge < -0.3 is 4.18 Å². The van der Waals surface area contributed by atoms with Crippen LogP contribution in [-0.2, 0) is 23.0 Å². The molecule has 0 amide bonds. The maximum Gasteiger partial charge on any atom is 0.339 e. The zero-order valence-corrected chi connectivity index (χ0v) is 16.7. The molecule has 0 radical (unpaired) electrons. The summed E-state index contributed by atoms with van der Waals surface area (Å²) in [4.78, 5) is 0.256. The van der Waals surface area contributed by atoms with Crippen LogP contribution in [0, 0.1) is 0 Å². The minimum absolute atomic E-state index is 0.256. The zero-order valence-electron chi connectivity index (χ0n) is 15.9. The molecule has 0 saturated heterocycles. The molecular weight excluding hydrogens is 368 g/mol. The number of rotatable bonds is 4. The molecule has 0 unspecified atom stereocenters. The van der Waals surface area contributed by atoms with Crippen LogP contribution >= 0.6 is 0 Å². The van der Waals surface area contributed by atoms with Crippen LogP contribution in [0.3, 0.4) is 0 Å². The van der Waals surface area contributed by atoms with E-state index in [0.717, 1.165) is 23.6 Å². The Bertz CT molecular complexity index is 1110. The summed E-state index contributed by atoms with van der Waals surface area (Å²) in [6.07, 6.45) is 8.27. The van der Waals surface area contributed by atoms with Gasteiger partial charge in [0, 0.05) is 5.39 Å². The molecule has 3 aromatic rings. The summed E-state index contributed by atoms with van der Waals surface area (Å²) in [5.41, 5.74) is 3.73. The molecule has 0 aliphatic heterocycles. The Morgan fingerprint density at radius 1 is 0.786 bits per heavy atom. The molecule has 3 aromatic carbocycles. The summed E-state index contributed by atoms with van der Waals surface area (Å²) in [7, 11) is -3.88. The third-order valence-electron chi connectivity index (χ3n) is 6.27. The van der Waals surface area contributed by atoms with E-state index in [1.165, 1.54) is 48.8 Å². The predicted octanol–water partition coefficient (Wildman–Crippen LogP) is 5.75. The van der Waals surface area contributed by atoms with Crippen molar-refractivity contribution >= 4 is 20.9 Å². The number of hydrogen-bond acceptors (Lipinski definition) is 3. The summed E-state index contributed by atoms with van der Waals surface area (Å²) < 4.78 is 31.6. The second kappa shape index (κ2) is 6.93. The first kappa shape index (κ1) is 17.7. The van der Waals surface area contributed by atoms with Crippen LogP contribution < -0.4 is 4.18 Å². The fourth-order valence-electron chi connectivity index (χ4n) is 4.84. The van der Waals surface area contributed by atoms with Crippen LogP contribution in [-0.4, -0.2) is 8.42 Å².